The molecule has 164 valence electrons. The maximum absolute atomic E-state index is 12.8. The number of halogens is 2. The number of benzene rings is 1. The highest BCUT2D eigenvalue weighted by molar-refractivity contribution is 6.42. The summed E-state index contributed by atoms with van der Waals surface area (Å²) in [5, 5.41) is 0.945. The van der Waals surface area contributed by atoms with Gasteiger partial charge in [-0.05, 0) is 69.6 Å². The molecular formula is C23H31Cl2N3O2. The van der Waals surface area contributed by atoms with E-state index in [9.17, 15) is 9.59 Å². The molecular weight excluding hydrogens is 421 g/mol. The number of likely N-dealkylation sites (tertiary alicyclic amines) is 1. The van der Waals surface area contributed by atoms with E-state index in [1.807, 2.05) is 17.9 Å². The molecule has 0 aliphatic carbocycles. The summed E-state index contributed by atoms with van der Waals surface area (Å²) in [6.07, 6.45) is 8.55. The smallest absolute Gasteiger partial charge is 0.246 e. The lowest BCUT2D eigenvalue weighted by atomic mass is 10.1. The predicted molar refractivity (Wildman–Crippen MR) is 123 cm³/mol. The number of carbonyl (C=O) groups excluding carboxylic acids is 2. The minimum atomic E-state index is -0.0865. The first-order chi connectivity index (χ1) is 14.4. The first kappa shape index (κ1) is 23.1. The molecule has 3 rings (SSSR count). The second-order valence-corrected chi connectivity index (χ2v) is 9.05. The van der Waals surface area contributed by atoms with Crippen molar-refractivity contribution >= 4 is 41.1 Å². The van der Waals surface area contributed by atoms with Crippen molar-refractivity contribution in [2.45, 2.75) is 45.1 Å². The lowest BCUT2D eigenvalue weighted by Crippen LogP contribution is -2.43. The fraction of sp³-hybridized carbons (Fsp3) is 0.565. The molecule has 2 saturated heterocycles. The van der Waals surface area contributed by atoms with Gasteiger partial charge in [-0.2, -0.15) is 0 Å². The molecule has 0 radical (unpaired) electrons. The highest BCUT2D eigenvalue weighted by Gasteiger charge is 2.28. The molecule has 30 heavy (non-hydrogen) atoms. The van der Waals surface area contributed by atoms with Gasteiger partial charge in [0.1, 0.15) is 0 Å². The highest BCUT2D eigenvalue weighted by atomic mass is 35.5. The molecule has 0 spiro atoms. The summed E-state index contributed by atoms with van der Waals surface area (Å²) in [4.78, 5) is 31.6. The molecule has 1 aromatic rings. The second kappa shape index (κ2) is 11.2. The largest absolute Gasteiger partial charge is 0.341 e. The number of amides is 2. The van der Waals surface area contributed by atoms with E-state index in [1.54, 1.807) is 29.2 Å². The molecule has 2 fully saturated rings. The molecule has 0 aromatic heterocycles. The zero-order chi connectivity index (χ0) is 21.5. The van der Waals surface area contributed by atoms with Gasteiger partial charge in [0.15, 0.2) is 0 Å². The Balaban J connectivity index is 1.53. The molecule has 0 bridgehead atoms. The Morgan fingerprint density at radius 2 is 1.87 bits per heavy atom. The quantitative estimate of drug-likeness (QED) is 0.604. The number of piperidine rings is 1. The molecule has 2 aliphatic heterocycles. The van der Waals surface area contributed by atoms with Crippen molar-refractivity contribution in [1.82, 2.24) is 14.7 Å². The van der Waals surface area contributed by atoms with Gasteiger partial charge in [-0.3, -0.25) is 9.59 Å². The average molecular weight is 452 g/mol. The predicted octanol–water partition coefficient (Wildman–Crippen LogP) is 4.33. The number of carbonyl (C=O) groups is 2. The number of rotatable bonds is 6. The van der Waals surface area contributed by atoms with E-state index in [0.717, 1.165) is 25.1 Å². The Morgan fingerprint density at radius 1 is 1.10 bits per heavy atom. The molecule has 2 amide bonds. The molecule has 2 aliphatic rings. The summed E-state index contributed by atoms with van der Waals surface area (Å²) in [7, 11) is 0. The third-order valence-corrected chi connectivity index (χ3v) is 6.67. The van der Waals surface area contributed by atoms with E-state index in [4.69, 9.17) is 23.2 Å². The van der Waals surface area contributed by atoms with Crippen LogP contribution in [0.5, 0.6) is 0 Å². The van der Waals surface area contributed by atoms with Crippen molar-refractivity contribution in [1.29, 1.82) is 0 Å². The third kappa shape index (κ3) is 6.47. The van der Waals surface area contributed by atoms with Crippen LogP contribution in [0, 0.1) is 0 Å². The molecule has 0 N–H and O–H groups in total. The number of hydrogen-bond donors (Lipinski definition) is 0. The van der Waals surface area contributed by atoms with Crippen LogP contribution in [0.3, 0.4) is 0 Å². The zero-order valence-electron chi connectivity index (χ0n) is 17.7. The minimum absolute atomic E-state index is 0.0163. The minimum Gasteiger partial charge on any atom is -0.341 e. The fourth-order valence-electron chi connectivity index (χ4n) is 4.20. The third-order valence-electron chi connectivity index (χ3n) is 5.93. The van der Waals surface area contributed by atoms with Gasteiger partial charge in [0.2, 0.25) is 11.8 Å². The standard InChI is InChI=1S/C23H31Cl2N3O2/c1-18-17-27(14-5-13-26-11-3-2-4-12-26)22(29)10-15-28(18)23(30)9-7-19-6-8-20(24)21(25)16-19/h6-9,16,18H,2-5,10-15,17H2,1H3/b9-7+/t18-/m1/s1. The Hall–Kier alpha value is -1.56. The van der Waals surface area contributed by atoms with Gasteiger partial charge in [-0.1, -0.05) is 35.7 Å². The summed E-state index contributed by atoms with van der Waals surface area (Å²) in [6, 6.07) is 5.24. The van der Waals surface area contributed by atoms with E-state index >= 15 is 0 Å². The van der Waals surface area contributed by atoms with Crippen molar-refractivity contribution in [3.05, 3.63) is 39.9 Å². The molecule has 1 aromatic carbocycles. The Labute approximate surface area is 189 Å². The maximum atomic E-state index is 12.8. The second-order valence-electron chi connectivity index (χ2n) is 8.23. The lowest BCUT2D eigenvalue weighted by molar-refractivity contribution is -0.130. The molecule has 0 unspecified atom stereocenters. The maximum Gasteiger partial charge on any atom is 0.246 e. The van der Waals surface area contributed by atoms with Gasteiger partial charge in [0.05, 0.1) is 10.0 Å². The Bertz CT molecular complexity index is 778. The van der Waals surface area contributed by atoms with Crippen molar-refractivity contribution in [2.75, 3.05) is 39.3 Å². The van der Waals surface area contributed by atoms with Gasteiger partial charge < -0.3 is 14.7 Å². The first-order valence-electron chi connectivity index (χ1n) is 10.9. The monoisotopic (exact) mass is 451 g/mol. The lowest BCUT2D eigenvalue weighted by Gasteiger charge is -2.30. The summed E-state index contributed by atoms with van der Waals surface area (Å²) < 4.78 is 0. The zero-order valence-corrected chi connectivity index (χ0v) is 19.2. The Morgan fingerprint density at radius 3 is 2.60 bits per heavy atom. The fourth-order valence-corrected chi connectivity index (χ4v) is 4.51. The topological polar surface area (TPSA) is 43.9 Å². The van der Waals surface area contributed by atoms with E-state index in [1.165, 1.54) is 32.4 Å². The van der Waals surface area contributed by atoms with Crippen LogP contribution in [0.25, 0.3) is 6.08 Å². The Kier molecular flexibility index (Phi) is 8.61. The number of nitrogens with zero attached hydrogens (tertiary/aromatic N) is 3. The normalized spacial score (nSPS) is 21.3. The van der Waals surface area contributed by atoms with Gasteiger partial charge in [-0.15, -0.1) is 0 Å². The van der Waals surface area contributed by atoms with Crippen LogP contribution in [0.4, 0.5) is 0 Å². The van der Waals surface area contributed by atoms with Gasteiger partial charge in [0, 0.05) is 38.2 Å². The summed E-state index contributed by atoms with van der Waals surface area (Å²) in [6.45, 7) is 7.23. The van der Waals surface area contributed by atoms with Gasteiger partial charge in [-0.25, -0.2) is 0 Å². The average Bonchev–Trinajstić information content (AvgIpc) is 2.88. The summed E-state index contributed by atoms with van der Waals surface area (Å²) in [5.74, 6) is 0.0563. The van der Waals surface area contributed by atoms with Crippen molar-refractivity contribution < 1.29 is 9.59 Å². The van der Waals surface area contributed by atoms with Crippen LogP contribution in [0.1, 0.15) is 44.6 Å². The SMILES string of the molecule is C[C@@H]1CN(CCCN2CCCCC2)C(=O)CCN1C(=O)/C=C/c1ccc(Cl)c(Cl)c1. The highest BCUT2D eigenvalue weighted by Crippen LogP contribution is 2.23. The number of hydrogen-bond acceptors (Lipinski definition) is 3. The van der Waals surface area contributed by atoms with E-state index in [0.29, 0.717) is 29.6 Å². The van der Waals surface area contributed by atoms with Crippen LogP contribution in [-0.2, 0) is 9.59 Å². The van der Waals surface area contributed by atoms with Crippen LogP contribution in [-0.4, -0.2) is 71.8 Å². The van der Waals surface area contributed by atoms with Gasteiger partial charge in [0.25, 0.3) is 0 Å². The van der Waals surface area contributed by atoms with Crippen LogP contribution in [0.2, 0.25) is 10.0 Å². The first-order valence-corrected chi connectivity index (χ1v) is 11.6. The molecule has 2 heterocycles. The van der Waals surface area contributed by atoms with Gasteiger partial charge >= 0.3 is 0 Å². The molecule has 7 heteroatoms. The summed E-state index contributed by atoms with van der Waals surface area (Å²) >= 11 is 12.0. The summed E-state index contributed by atoms with van der Waals surface area (Å²) in [5.41, 5.74) is 0.815. The van der Waals surface area contributed by atoms with E-state index in [2.05, 4.69) is 4.90 Å². The van der Waals surface area contributed by atoms with Crippen LogP contribution in [0.15, 0.2) is 24.3 Å². The van der Waals surface area contributed by atoms with Crippen molar-refractivity contribution in [2.24, 2.45) is 0 Å². The van der Waals surface area contributed by atoms with E-state index in [-0.39, 0.29) is 17.9 Å². The van der Waals surface area contributed by atoms with Crippen molar-refractivity contribution in [3.8, 4) is 0 Å². The van der Waals surface area contributed by atoms with Crippen molar-refractivity contribution in [3.63, 3.8) is 0 Å². The molecule has 0 saturated carbocycles. The molecule has 1 atom stereocenters. The van der Waals surface area contributed by atoms with Crippen LogP contribution >= 0.6 is 23.2 Å². The van der Waals surface area contributed by atoms with E-state index < -0.39 is 0 Å². The molecule has 5 nitrogen and oxygen atoms in total. The van der Waals surface area contributed by atoms with Crippen LogP contribution < -0.4 is 0 Å².